The van der Waals surface area contributed by atoms with E-state index in [4.69, 9.17) is 5.73 Å². The molecule has 2 aromatic rings. The van der Waals surface area contributed by atoms with Crippen LogP contribution in [0, 0.1) is 6.92 Å². The van der Waals surface area contributed by atoms with Gasteiger partial charge < -0.3 is 10.5 Å². The van der Waals surface area contributed by atoms with Gasteiger partial charge in [-0.2, -0.15) is 0 Å². The Kier molecular flexibility index (Phi) is 3.38. The molecule has 0 aliphatic carbocycles. The minimum Gasteiger partial charge on any atom is -0.406 e. The van der Waals surface area contributed by atoms with Crippen molar-refractivity contribution in [2.45, 2.75) is 13.3 Å². The fourth-order valence-corrected chi connectivity index (χ4v) is 1.87. The van der Waals surface area contributed by atoms with Gasteiger partial charge in [0.05, 0.1) is 0 Å². The number of nitrogen functional groups attached to an aromatic ring is 1. The first-order chi connectivity index (χ1) is 8.85. The Bertz CT molecular complexity index is 593. The smallest absolute Gasteiger partial charge is 0.406 e. The van der Waals surface area contributed by atoms with Crippen molar-refractivity contribution in [3.8, 4) is 16.9 Å². The average Bonchev–Trinajstić information content (AvgIpc) is 2.26. The number of rotatable bonds is 2. The van der Waals surface area contributed by atoms with E-state index in [0.29, 0.717) is 11.3 Å². The van der Waals surface area contributed by atoms with Gasteiger partial charge in [-0.1, -0.05) is 18.2 Å². The third kappa shape index (κ3) is 3.40. The van der Waals surface area contributed by atoms with Crippen LogP contribution in [-0.2, 0) is 0 Å². The summed E-state index contributed by atoms with van der Waals surface area (Å²) in [6.07, 6.45) is -4.69. The molecule has 2 rings (SSSR count). The fraction of sp³-hybridized carbons (Fsp3) is 0.143. The maximum Gasteiger partial charge on any atom is 0.573 e. The monoisotopic (exact) mass is 267 g/mol. The molecule has 100 valence electrons. The highest BCUT2D eigenvalue weighted by atomic mass is 19.4. The lowest BCUT2D eigenvalue weighted by Gasteiger charge is -2.11. The van der Waals surface area contributed by atoms with Gasteiger partial charge in [0.15, 0.2) is 0 Å². The van der Waals surface area contributed by atoms with Crippen LogP contribution in [0.1, 0.15) is 5.56 Å². The highest BCUT2D eigenvalue weighted by Crippen LogP contribution is 2.30. The zero-order valence-corrected chi connectivity index (χ0v) is 10.2. The van der Waals surface area contributed by atoms with Crippen LogP contribution in [0.5, 0.6) is 5.75 Å². The van der Waals surface area contributed by atoms with E-state index >= 15 is 0 Å². The van der Waals surface area contributed by atoms with Crippen LogP contribution in [-0.4, -0.2) is 6.36 Å². The van der Waals surface area contributed by atoms with Gasteiger partial charge in [0.2, 0.25) is 0 Å². The average molecular weight is 267 g/mol. The van der Waals surface area contributed by atoms with Gasteiger partial charge in [0, 0.05) is 5.69 Å². The van der Waals surface area contributed by atoms with Gasteiger partial charge in [-0.3, -0.25) is 0 Å². The Morgan fingerprint density at radius 2 is 1.79 bits per heavy atom. The number of nitrogens with two attached hydrogens (primary N) is 1. The number of hydrogen-bond donors (Lipinski definition) is 1. The van der Waals surface area contributed by atoms with Crippen molar-refractivity contribution in [3.63, 3.8) is 0 Å². The van der Waals surface area contributed by atoms with Crippen LogP contribution in [0.2, 0.25) is 0 Å². The first-order valence-corrected chi connectivity index (χ1v) is 5.57. The molecule has 0 fully saturated rings. The standard InChI is InChI=1S/C14H12F3NO/c1-9-7-11(18)5-6-13(9)10-3-2-4-12(8-10)19-14(15,16)17/h2-8H,18H2,1H3. The van der Waals surface area contributed by atoms with E-state index in [2.05, 4.69) is 4.74 Å². The van der Waals surface area contributed by atoms with Crippen molar-refractivity contribution in [3.05, 3.63) is 48.0 Å². The zero-order chi connectivity index (χ0) is 14.0. The van der Waals surface area contributed by atoms with E-state index < -0.39 is 6.36 Å². The first-order valence-electron chi connectivity index (χ1n) is 5.57. The van der Waals surface area contributed by atoms with Gasteiger partial charge in [-0.15, -0.1) is 13.2 Å². The second-order valence-electron chi connectivity index (χ2n) is 4.15. The minimum absolute atomic E-state index is 0.235. The number of hydrogen-bond acceptors (Lipinski definition) is 2. The Hall–Kier alpha value is -2.17. The summed E-state index contributed by atoms with van der Waals surface area (Å²) in [7, 11) is 0. The second-order valence-corrected chi connectivity index (χ2v) is 4.15. The molecule has 0 aromatic heterocycles. The summed E-state index contributed by atoms with van der Waals surface area (Å²) in [6.45, 7) is 1.85. The normalized spacial score (nSPS) is 11.4. The molecule has 0 amide bonds. The summed E-state index contributed by atoms with van der Waals surface area (Å²) in [4.78, 5) is 0. The number of benzene rings is 2. The van der Waals surface area contributed by atoms with Crippen molar-refractivity contribution in [1.82, 2.24) is 0 Å². The van der Waals surface area contributed by atoms with E-state index in [1.165, 1.54) is 18.2 Å². The third-order valence-corrected chi connectivity index (χ3v) is 2.63. The molecular formula is C14H12F3NO. The molecule has 19 heavy (non-hydrogen) atoms. The number of alkyl halides is 3. The summed E-state index contributed by atoms with van der Waals surface area (Å²) in [5, 5.41) is 0. The van der Waals surface area contributed by atoms with Gasteiger partial charge in [0.1, 0.15) is 5.75 Å². The number of anilines is 1. The molecule has 0 aliphatic heterocycles. The van der Waals surface area contributed by atoms with Crippen molar-refractivity contribution < 1.29 is 17.9 Å². The Labute approximate surface area is 108 Å². The number of aryl methyl sites for hydroxylation is 1. The van der Waals surface area contributed by atoms with Gasteiger partial charge in [-0.25, -0.2) is 0 Å². The predicted octanol–water partition coefficient (Wildman–Crippen LogP) is 4.14. The lowest BCUT2D eigenvalue weighted by molar-refractivity contribution is -0.274. The molecule has 0 unspecified atom stereocenters. The molecule has 0 saturated carbocycles. The maximum absolute atomic E-state index is 12.2. The quantitative estimate of drug-likeness (QED) is 0.830. The number of ether oxygens (including phenoxy) is 1. The molecule has 0 bridgehead atoms. The van der Waals surface area contributed by atoms with Gasteiger partial charge in [0.25, 0.3) is 0 Å². The molecule has 5 heteroatoms. The van der Waals surface area contributed by atoms with Crippen molar-refractivity contribution in [2.75, 3.05) is 5.73 Å². The van der Waals surface area contributed by atoms with Crippen LogP contribution >= 0.6 is 0 Å². The molecule has 2 nitrogen and oxygen atoms in total. The third-order valence-electron chi connectivity index (χ3n) is 2.63. The van der Waals surface area contributed by atoms with Crippen LogP contribution in [0.4, 0.5) is 18.9 Å². The van der Waals surface area contributed by atoms with Crippen LogP contribution in [0.15, 0.2) is 42.5 Å². The molecule has 0 radical (unpaired) electrons. The van der Waals surface area contributed by atoms with E-state index in [9.17, 15) is 13.2 Å². The molecule has 0 aliphatic rings. The topological polar surface area (TPSA) is 35.2 Å². The largest absolute Gasteiger partial charge is 0.573 e. The summed E-state index contributed by atoms with van der Waals surface area (Å²) in [5.74, 6) is -0.235. The Morgan fingerprint density at radius 3 is 2.42 bits per heavy atom. The summed E-state index contributed by atoms with van der Waals surface area (Å²) in [6, 6.07) is 11.1. The Morgan fingerprint density at radius 1 is 1.05 bits per heavy atom. The number of halogens is 3. The molecule has 0 atom stereocenters. The molecule has 0 spiro atoms. The fourth-order valence-electron chi connectivity index (χ4n) is 1.87. The van der Waals surface area contributed by atoms with Crippen molar-refractivity contribution in [1.29, 1.82) is 0 Å². The first kappa shape index (κ1) is 13.3. The minimum atomic E-state index is -4.69. The van der Waals surface area contributed by atoms with E-state index in [0.717, 1.165) is 11.1 Å². The summed E-state index contributed by atoms with van der Waals surface area (Å²) >= 11 is 0. The summed E-state index contributed by atoms with van der Waals surface area (Å²) < 4.78 is 40.4. The molecule has 0 saturated heterocycles. The van der Waals surface area contributed by atoms with Crippen LogP contribution in [0.3, 0.4) is 0 Å². The van der Waals surface area contributed by atoms with Crippen LogP contribution < -0.4 is 10.5 Å². The molecule has 2 aromatic carbocycles. The summed E-state index contributed by atoms with van der Waals surface area (Å²) in [5.41, 5.74) is 8.63. The van der Waals surface area contributed by atoms with Gasteiger partial charge >= 0.3 is 6.36 Å². The van der Waals surface area contributed by atoms with E-state index in [1.54, 1.807) is 24.3 Å². The highest BCUT2D eigenvalue weighted by molar-refractivity contribution is 5.70. The lowest BCUT2D eigenvalue weighted by atomic mass is 10.00. The van der Waals surface area contributed by atoms with Gasteiger partial charge in [-0.05, 0) is 47.9 Å². The van der Waals surface area contributed by atoms with Crippen molar-refractivity contribution >= 4 is 5.69 Å². The van der Waals surface area contributed by atoms with Crippen LogP contribution in [0.25, 0.3) is 11.1 Å². The second kappa shape index (κ2) is 4.84. The SMILES string of the molecule is Cc1cc(N)ccc1-c1cccc(OC(F)(F)F)c1. The maximum atomic E-state index is 12.2. The molecule has 0 heterocycles. The van der Waals surface area contributed by atoms with Crippen molar-refractivity contribution in [2.24, 2.45) is 0 Å². The lowest BCUT2D eigenvalue weighted by Crippen LogP contribution is -2.17. The van der Waals surface area contributed by atoms with E-state index in [-0.39, 0.29) is 5.75 Å². The Balaban J connectivity index is 2.38. The highest BCUT2D eigenvalue weighted by Gasteiger charge is 2.31. The van der Waals surface area contributed by atoms with E-state index in [1.807, 2.05) is 6.92 Å². The zero-order valence-electron chi connectivity index (χ0n) is 10.2. The molecular weight excluding hydrogens is 255 g/mol. The molecule has 2 N–H and O–H groups in total. The predicted molar refractivity (Wildman–Crippen MR) is 67.7 cm³/mol.